The second-order valence-electron chi connectivity index (χ2n) is 7.78. The van der Waals surface area contributed by atoms with Crippen molar-refractivity contribution in [3.8, 4) is 23.0 Å². The van der Waals surface area contributed by atoms with Crippen molar-refractivity contribution in [3.63, 3.8) is 0 Å². The zero-order valence-corrected chi connectivity index (χ0v) is 23.3. The van der Waals surface area contributed by atoms with Crippen LogP contribution in [0.2, 0.25) is 0 Å². The Balaban J connectivity index is 1.97. The first-order chi connectivity index (χ1) is 14.8. The quantitative estimate of drug-likeness (QED) is 0.349. The van der Waals surface area contributed by atoms with Gasteiger partial charge < -0.3 is 0 Å². The summed E-state index contributed by atoms with van der Waals surface area (Å²) in [5, 5.41) is 0. The van der Waals surface area contributed by atoms with Crippen LogP contribution in [0.4, 0.5) is 0 Å². The minimum absolute atomic E-state index is 0.179. The predicted octanol–water partition coefficient (Wildman–Crippen LogP) is 6.38. The van der Waals surface area contributed by atoms with E-state index in [0.29, 0.717) is 0 Å². The molecule has 2 aromatic carbocycles. The van der Waals surface area contributed by atoms with Gasteiger partial charge in [0.05, 0.1) is 0 Å². The zero-order valence-electron chi connectivity index (χ0n) is 18.2. The summed E-state index contributed by atoms with van der Waals surface area (Å²) >= 11 is -4.95. The van der Waals surface area contributed by atoms with Crippen LogP contribution in [0.5, 0.6) is 23.0 Å². The Hall–Kier alpha value is -1.56. The molecule has 31 heavy (non-hydrogen) atoms. The molecule has 2 aromatic rings. The van der Waals surface area contributed by atoms with Crippen LogP contribution in [0.1, 0.15) is 36.5 Å². The van der Waals surface area contributed by atoms with Gasteiger partial charge in [-0.3, -0.25) is 0 Å². The van der Waals surface area contributed by atoms with Gasteiger partial charge in [-0.1, -0.05) is 0 Å². The molecule has 7 heteroatoms. The van der Waals surface area contributed by atoms with Gasteiger partial charge in [0.1, 0.15) is 0 Å². The van der Waals surface area contributed by atoms with Crippen LogP contribution in [-0.2, 0) is 15.7 Å². The summed E-state index contributed by atoms with van der Waals surface area (Å²) in [7, 11) is 22.1. The van der Waals surface area contributed by atoms with Crippen molar-refractivity contribution in [1.82, 2.24) is 0 Å². The number of hydrogen-bond donors (Lipinski definition) is 0. The summed E-state index contributed by atoms with van der Waals surface area (Å²) < 4.78 is 24.4. The van der Waals surface area contributed by atoms with E-state index in [1.54, 1.807) is 28.4 Å². The standard InChI is InChI=1S/2C11H11O2.C2H4.2ClH.Hf/c2*1-12-10-6-7-11(13-2)9-5-3-4-8(9)10;1-2;;;/h2*3-7H,1-2H3;1H,2H3;2*1H;/q;;;;;+2/p-2. The molecule has 0 spiro atoms. The molecule has 4 nitrogen and oxygen atoms in total. The van der Waals surface area contributed by atoms with Crippen LogP contribution < -0.4 is 18.9 Å². The number of benzene rings is 2. The van der Waals surface area contributed by atoms with E-state index in [9.17, 15) is 0 Å². The molecule has 0 N–H and O–H groups in total. The van der Waals surface area contributed by atoms with E-state index in [1.807, 2.05) is 43.3 Å². The van der Waals surface area contributed by atoms with Gasteiger partial charge in [0.2, 0.25) is 0 Å². The van der Waals surface area contributed by atoms with E-state index in [1.165, 1.54) is 0 Å². The van der Waals surface area contributed by atoms with Crippen LogP contribution in [0.25, 0.3) is 12.2 Å². The number of ether oxygens (including phenoxy) is 4. The van der Waals surface area contributed by atoms with Gasteiger partial charge in [0, 0.05) is 0 Å². The zero-order chi connectivity index (χ0) is 22.4. The molecular formula is C24H26Cl2HfO4. The summed E-state index contributed by atoms with van der Waals surface area (Å²) in [5.41, 5.74) is 3.92. The molecular weight excluding hydrogens is 602 g/mol. The summed E-state index contributed by atoms with van der Waals surface area (Å²) in [6, 6.07) is 7.65. The molecule has 2 atom stereocenters. The van der Waals surface area contributed by atoms with Crippen LogP contribution in [0.3, 0.4) is 0 Å². The Labute approximate surface area is 191 Å². The SMILES string of the molecule is C[CH]=[Hf]([Cl])([Cl])([CH]1C=Cc2c(OC)ccc(OC)c21)[CH]1C=Cc2c(OC)ccc(OC)c21. The third-order valence-corrected chi connectivity index (χ3v) is 33.8. The van der Waals surface area contributed by atoms with Gasteiger partial charge in [-0.05, 0) is 0 Å². The molecule has 2 unspecified atom stereocenters. The molecule has 0 bridgehead atoms. The normalized spacial score (nSPS) is 19.1. The average Bonchev–Trinajstić information content (AvgIpc) is 3.44. The van der Waals surface area contributed by atoms with Gasteiger partial charge in [0.15, 0.2) is 0 Å². The third kappa shape index (κ3) is 3.23. The van der Waals surface area contributed by atoms with E-state index in [4.69, 9.17) is 36.1 Å². The fourth-order valence-electron chi connectivity index (χ4n) is 4.94. The number of rotatable bonds is 6. The Kier molecular flexibility index (Phi) is 5.91. The van der Waals surface area contributed by atoms with Gasteiger partial charge in [-0.2, -0.15) is 0 Å². The molecule has 0 aliphatic heterocycles. The van der Waals surface area contributed by atoms with Gasteiger partial charge in [-0.15, -0.1) is 0 Å². The van der Waals surface area contributed by atoms with Crippen molar-refractivity contribution >= 4 is 33.1 Å². The Bertz CT molecular complexity index is 1090. The minimum atomic E-state index is -4.95. The molecule has 2 aliphatic rings. The molecule has 0 heterocycles. The van der Waals surface area contributed by atoms with E-state index in [2.05, 4.69) is 15.9 Å². The number of hydrogen-bond acceptors (Lipinski definition) is 4. The number of fused-ring (bicyclic) bond motifs is 2. The van der Waals surface area contributed by atoms with Crippen LogP contribution in [-0.4, -0.2) is 32.2 Å². The summed E-state index contributed by atoms with van der Waals surface area (Å²) in [4.78, 5) is 0. The predicted molar refractivity (Wildman–Crippen MR) is 126 cm³/mol. The van der Waals surface area contributed by atoms with Gasteiger partial charge in [-0.25, -0.2) is 0 Å². The second kappa shape index (κ2) is 8.09. The van der Waals surface area contributed by atoms with Crippen molar-refractivity contribution < 1.29 is 34.6 Å². The second-order valence-corrected chi connectivity index (χ2v) is 38.5. The first kappa shape index (κ1) is 22.6. The Morgan fingerprint density at radius 2 is 1.03 bits per heavy atom. The molecule has 4 rings (SSSR count). The molecule has 0 aromatic heterocycles. The van der Waals surface area contributed by atoms with Crippen molar-refractivity contribution in [2.75, 3.05) is 28.4 Å². The first-order valence-electron chi connectivity index (χ1n) is 10.1. The maximum absolute atomic E-state index is 7.73. The fraction of sp³-hybridized carbons (Fsp3) is 0.292. The van der Waals surface area contributed by atoms with E-state index in [0.717, 1.165) is 45.3 Å². The van der Waals surface area contributed by atoms with E-state index < -0.39 is 15.7 Å². The molecule has 0 fully saturated rings. The van der Waals surface area contributed by atoms with Crippen molar-refractivity contribution in [2.45, 2.75) is 14.3 Å². The number of allylic oxidation sites excluding steroid dienone is 2. The van der Waals surface area contributed by atoms with Crippen molar-refractivity contribution in [1.29, 1.82) is 0 Å². The monoisotopic (exact) mass is 628 g/mol. The Morgan fingerprint density at radius 1 is 0.677 bits per heavy atom. The van der Waals surface area contributed by atoms with Crippen LogP contribution in [0.15, 0.2) is 36.4 Å². The summed E-state index contributed by atoms with van der Waals surface area (Å²) in [5.74, 6) is 3.08. The van der Waals surface area contributed by atoms with Crippen molar-refractivity contribution in [2.24, 2.45) is 0 Å². The number of halogens is 2. The fourth-order valence-corrected chi connectivity index (χ4v) is 24.3. The topological polar surface area (TPSA) is 36.9 Å². The molecule has 164 valence electrons. The van der Waals surface area contributed by atoms with E-state index in [-0.39, 0.29) is 7.35 Å². The molecule has 2 aliphatic carbocycles. The molecule has 0 saturated heterocycles. The average molecular weight is 628 g/mol. The van der Waals surface area contributed by atoms with Crippen LogP contribution in [0, 0.1) is 0 Å². The van der Waals surface area contributed by atoms with Crippen LogP contribution >= 0.6 is 17.2 Å². The summed E-state index contributed by atoms with van der Waals surface area (Å²) in [6.45, 7) is 1.98. The molecule has 0 amide bonds. The van der Waals surface area contributed by atoms with Gasteiger partial charge in [0.25, 0.3) is 0 Å². The number of methoxy groups -OCH3 is 4. The van der Waals surface area contributed by atoms with Gasteiger partial charge >= 0.3 is 192 Å². The Morgan fingerprint density at radius 3 is 1.35 bits per heavy atom. The molecule has 0 radical (unpaired) electrons. The van der Waals surface area contributed by atoms with Crippen molar-refractivity contribution in [3.05, 3.63) is 58.7 Å². The summed E-state index contributed by atoms with van der Waals surface area (Å²) in [6.07, 6.45) is 8.33. The third-order valence-electron chi connectivity index (χ3n) is 6.57. The maximum atomic E-state index is 7.73. The molecule has 0 saturated carbocycles. The first-order valence-corrected chi connectivity index (χ1v) is 25.2. The van der Waals surface area contributed by atoms with E-state index >= 15 is 0 Å².